The number of carbonyl (C=O) groups excluding carboxylic acids is 1. The summed E-state index contributed by atoms with van der Waals surface area (Å²) in [5, 5.41) is 0. The van der Waals surface area contributed by atoms with Gasteiger partial charge < -0.3 is 19.2 Å². The second-order valence-corrected chi connectivity index (χ2v) is 5.52. The van der Waals surface area contributed by atoms with E-state index in [4.69, 9.17) is 4.42 Å². The van der Waals surface area contributed by atoms with E-state index in [-0.39, 0.29) is 5.91 Å². The lowest BCUT2D eigenvalue weighted by atomic mass is 10.3. The lowest BCUT2D eigenvalue weighted by Gasteiger charge is -2.33. The van der Waals surface area contributed by atoms with Gasteiger partial charge in [-0.2, -0.15) is 4.98 Å². The fourth-order valence-electron chi connectivity index (χ4n) is 2.68. The first-order valence-corrected chi connectivity index (χ1v) is 7.47. The standard InChI is InChI=1S/C15H16N6O2/c1-10-2-3-12-13(18-10)19-15(23-12)21-6-4-20(5-7-21)14(22)11-8-16-9-17-11/h2-3,8-9H,4-7H2,1H3,(H,16,17). The van der Waals surface area contributed by atoms with Gasteiger partial charge >= 0.3 is 0 Å². The van der Waals surface area contributed by atoms with E-state index in [2.05, 4.69) is 19.9 Å². The minimum absolute atomic E-state index is 0.0305. The molecular weight excluding hydrogens is 296 g/mol. The van der Waals surface area contributed by atoms with E-state index in [0.29, 0.717) is 49.1 Å². The Morgan fingerprint density at radius 2 is 2.04 bits per heavy atom. The third-order valence-corrected chi connectivity index (χ3v) is 3.95. The summed E-state index contributed by atoms with van der Waals surface area (Å²) in [4.78, 5) is 31.6. The van der Waals surface area contributed by atoms with Gasteiger partial charge in [0.15, 0.2) is 5.58 Å². The van der Waals surface area contributed by atoms with Crippen LogP contribution in [0.1, 0.15) is 16.2 Å². The second kappa shape index (κ2) is 5.38. The number of anilines is 1. The fourth-order valence-corrected chi connectivity index (χ4v) is 2.68. The van der Waals surface area contributed by atoms with Gasteiger partial charge in [-0.05, 0) is 19.1 Å². The molecule has 0 unspecified atom stereocenters. The number of hydrogen-bond acceptors (Lipinski definition) is 6. The Labute approximate surface area is 132 Å². The predicted molar refractivity (Wildman–Crippen MR) is 83.2 cm³/mol. The van der Waals surface area contributed by atoms with Crippen molar-refractivity contribution in [3.8, 4) is 0 Å². The maximum atomic E-state index is 12.3. The predicted octanol–water partition coefficient (Wildman–Crippen LogP) is 1.22. The van der Waals surface area contributed by atoms with Gasteiger partial charge in [0.1, 0.15) is 5.69 Å². The molecule has 118 valence electrons. The summed E-state index contributed by atoms with van der Waals surface area (Å²) in [6.07, 6.45) is 3.06. The average Bonchev–Trinajstić information content (AvgIpc) is 3.23. The van der Waals surface area contributed by atoms with E-state index >= 15 is 0 Å². The molecule has 0 bridgehead atoms. The Morgan fingerprint density at radius 1 is 1.22 bits per heavy atom. The second-order valence-electron chi connectivity index (χ2n) is 5.52. The smallest absolute Gasteiger partial charge is 0.300 e. The Morgan fingerprint density at radius 3 is 2.78 bits per heavy atom. The van der Waals surface area contributed by atoms with Crippen LogP contribution in [0.5, 0.6) is 0 Å². The van der Waals surface area contributed by atoms with Crippen LogP contribution in [0.15, 0.2) is 29.1 Å². The number of nitrogens with one attached hydrogen (secondary N) is 1. The molecule has 1 saturated heterocycles. The molecule has 4 heterocycles. The van der Waals surface area contributed by atoms with Crippen LogP contribution in [-0.4, -0.2) is 56.9 Å². The number of nitrogens with zero attached hydrogens (tertiary/aromatic N) is 5. The zero-order valence-electron chi connectivity index (χ0n) is 12.7. The summed E-state index contributed by atoms with van der Waals surface area (Å²) in [5.41, 5.74) is 2.73. The quantitative estimate of drug-likeness (QED) is 0.765. The van der Waals surface area contributed by atoms with E-state index in [9.17, 15) is 4.79 Å². The number of H-pyrrole nitrogens is 1. The topological polar surface area (TPSA) is 91.2 Å². The summed E-state index contributed by atoms with van der Waals surface area (Å²) >= 11 is 0. The van der Waals surface area contributed by atoms with Crippen molar-refractivity contribution in [3.05, 3.63) is 36.0 Å². The molecule has 3 aromatic heterocycles. The number of amides is 1. The van der Waals surface area contributed by atoms with E-state index in [0.717, 1.165) is 5.69 Å². The highest BCUT2D eigenvalue weighted by Crippen LogP contribution is 2.22. The van der Waals surface area contributed by atoms with Crippen molar-refractivity contribution < 1.29 is 9.21 Å². The van der Waals surface area contributed by atoms with Crippen molar-refractivity contribution in [2.45, 2.75) is 6.92 Å². The van der Waals surface area contributed by atoms with Crippen molar-refractivity contribution in [2.24, 2.45) is 0 Å². The van der Waals surface area contributed by atoms with Gasteiger partial charge in [0.05, 0.1) is 12.5 Å². The van der Waals surface area contributed by atoms with Crippen LogP contribution in [0.2, 0.25) is 0 Å². The van der Waals surface area contributed by atoms with Crippen LogP contribution in [0.25, 0.3) is 11.2 Å². The van der Waals surface area contributed by atoms with Gasteiger partial charge in [-0.25, -0.2) is 9.97 Å². The lowest BCUT2D eigenvalue weighted by molar-refractivity contribution is 0.0739. The molecule has 23 heavy (non-hydrogen) atoms. The van der Waals surface area contributed by atoms with Gasteiger partial charge in [-0.3, -0.25) is 4.79 Å². The molecular formula is C15H16N6O2. The monoisotopic (exact) mass is 312 g/mol. The molecule has 4 rings (SSSR count). The highest BCUT2D eigenvalue weighted by Gasteiger charge is 2.25. The van der Waals surface area contributed by atoms with Crippen molar-refractivity contribution in [2.75, 3.05) is 31.1 Å². The van der Waals surface area contributed by atoms with Crippen molar-refractivity contribution >= 4 is 23.2 Å². The van der Waals surface area contributed by atoms with Gasteiger partial charge in [0.2, 0.25) is 5.65 Å². The summed E-state index contributed by atoms with van der Waals surface area (Å²) in [7, 11) is 0. The molecule has 0 atom stereocenters. The molecule has 0 saturated carbocycles. The number of aromatic nitrogens is 4. The van der Waals surface area contributed by atoms with Crippen LogP contribution in [0, 0.1) is 6.92 Å². The van der Waals surface area contributed by atoms with E-state index in [1.54, 1.807) is 11.1 Å². The van der Waals surface area contributed by atoms with Gasteiger partial charge in [0.25, 0.3) is 11.9 Å². The zero-order valence-corrected chi connectivity index (χ0v) is 12.7. The molecule has 1 N–H and O–H groups in total. The molecule has 8 nitrogen and oxygen atoms in total. The Bertz CT molecular complexity index is 833. The molecule has 0 aromatic carbocycles. The number of imidazole rings is 1. The third-order valence-electron chi connectivity index (χ3n) is 3.95. The zero-order chi connectivity index (χ0) is 15.8. The molecule has 0 radical (unpaired) electrons. The van der Waals surface area contributed by atoms with Gasteiger partial charge in [-0.1, -0.05) is 0 Å². The van der Waals surface area contributed by atoms with Crippen LogP contribution in [0.3, 0.4) is 0 Å². The van der Waals surface area contributed by atoms with E-state index in [1.807, 2.05) is 24.0 Å². The number of carbonyl (C=O) groups is 1. The molecule has 1 amide bonds. The van der Waals surface area contributed by atoms with Crippen molar-refractivity contribution in [3.63, 3.8) is 0 Å². The maximum absolute atomic E-state index is 12.3. The summed E-state index contributed by atoms with van der Waals surface area (Å²) in [5.74, 6) is -0.0305. The molecule has 1 aliphatic rings. The fraction of sp³-hybridized carbons (Fsp3) is 0.333. The number of hydrogen-bond donors (Lipinski definition) is 1. The summed E-state index contributed by atoms with van der Waals surface area (Å²) in [6.45, 7) is 4.50. The first-order chi connectivity index (χ1) is 11.2. The average molecular weight is 312 g/mol. The number of aromatic amines is 1. The van der Waals surface area contributed by atoms with Crippen LogP contribution in [-0.2, 0) is 0 Å². The Hall–Kier alpha value is -2.90. The molecule has 1 fully saturated rings. The molecule has 0 spiro atoms. The minimum atomic E-state index is -0.0305. The molecule has 8 heteroatoms. The molecule has 3 aromatic rings. The number of aryl methyl sites for hydroxylation is 1. The Balaban J connectivity index is 1.47. The summed E-state index contributed by atoms with van der Waals surface area (Å²) in [6, 6.07) is 4.34. The van der Waals surface area contributed by atoms with Crippen molar-refractivity contribution in [1.82, 2.24) is 24.8 Å². The first-order valence-electron chi connectivity index (χ1n) is 7.47. The molecule has 1 aliphatic heterocycles. The number of fused-ring (bicyclic) bond motifs is 1. The summed E-state index contributed by atoms with van der Waals surface area (Å²) < 4.78 is 5.76. The maximum Gasteiger partial charge on any atom is 0.300 e. The minimum Gasteiger partial charge on any atom is -0.422 e. The number of piperazine rings is 1. The number of rotatable bonds is 2. The normalized spacial score (nSPS) is 15.3. The highest BCUT2D eigenvalue weighted by molar-refractivity contribution is 5.92. The van der Waals surface area contributed by atoms with Gasteiger partial charge in [0, 0.05) is 31.9 Å². The first kappa shape index (κ1) is 13.7. The lowest BCUT2D eigenvalue weighted by Crippen LogP contribution is -2.49. The van der Waals surface area contributed by atoms with Crippen LogP contribution >= 0.6 is 0 Å². The van der Waals surface area contributed by atoms with Crippen LogP contribution in [0.4, 0.5) is 6.01 Å². The van der Waals surface area contributed by atoms with Crippen molar-refractivity contribution in [1.29, 1.82) is 0 Å². The van der Waals surface area contributed by atoms with Gasteiger partial charge in [-0.15, -0.1) is 0 Å². The van der Waals surface area contributed by atoms with Crippen LogP contribution < -0.4 is 4.90 Å². The highest BCUT2D eigenvalue weighted by atomic mass is 16.4. The largest absolute Gasteiger partial charge is 0.422 e. The third kappa shape index (κ3) is 2.52. The Kier molecular flexibility index (Phi) is 3.22. The number of oxazole rings is 1. The van der Waals surface area contributed by atoms with E-state index < -0.39 is 0 Å². The molecule has 0 aliphatic carbocycles. The van der Waals surface area contributed by atoms with E-state index in [1.165, 1.54) is 6.33 Å². The SMILES string of the molecule is Cc1ccc2oc(N3CCN(C(=O)c4cnc[nH]4)CC3)nc2n1. The number of pyridine rings is 1.